The van der Waals surface area contributed by atoms with E-state index in [9.17, 15) is 8.78 Å². The fraction of sp³-hybridized carbons (Fsp3) is 0.333. The Labute approximate surface area is 125 Å². The van der Waals surface area contributed by atoms with Crippen molar-refractivity contribution in [3.8, 4) is 0 Å². The summed E-state index contributed by atoms with van der Waals surface area (Å²) in [6, 6.07) is 11.7. The number of aryl methyl sites for hydroxylation is 1. The maximum atomic E-state index is 14.0. The molecule has 0 radical (unpaired) electrons. The lowest BCUT2D eigenvalue weighted by atomic mass is 9.97. The van der Waals surface area contributed by atoms with E-state index < -0.39 is 11.6 Å². The average Bonchev–Trinajstić information content (AvgIpc) is 2.44. The first-order valence-electron chi connectivity index (χ1n) is 7.34. The van der Waals surface area contributed by atoms with Crippen LogP contribution in [0.3, 0.4) is 0 Å². The third-order valence-electron chi connectivity index (χ3n) is 3.51. The van der Waals surface area contributed by atoms with Crippen molar-refractivity contribution in [2.75, 3.05) is 6.54 Å². The predicted molar refractivity (Wildman–Crippen MR) is 82.3 cm³/mol. The van der Waals surface area contributed by atoms with Gasteiger partial charge < -0.3 is 5.32 Å². The molecule has 0 bridgehead atoms. The summed E-state index contributed by atoms with van der Waals surface area (Å²) in [5.74, 6) is -0.979. The van der Waals surface area contributed by atoms with Gasteiger partial charge in [-0.2, -0.15) is 0 Å². The number of nitrogens with one attached hydrogen (secondary N) is 1. The van der Waals surface area contributed by atoms with Crippen molar-refractivity contribution in [1.82, 2.24) is 5.32 Å². The van der Waals surface area contributed by atoms with Crippen LogP contribution >= 0.6 is 0 Å². The maximum absolute atomic E-state index is 14.0. The third kappa shape index (κ3) is 4.11. The minimum atomic E-state index is -0.490. The van der Waals surface area contributed by atoms with Crippen molar-refractivity contribution in [3.05, 3.63) is 70.8 Å². The number of hydrogen-bond acceptors (Lipinski definition) is 1. The van der Waals surface area contributed by atoms with Crippen molar-refractivity contribution < 1.29 is 8.78 Å². The minimum absolute atomic E-state index is 0.132. The Morgan fingerprint density at radius 2 is 1.71 bits per heavy atom. The summed E-state index contributed by atoms with van der Waals surface area (Å²) in [7, 11) is 0. The van der Waals surface area contributed by atoms with Crippen LogP contribution in [0.25, 0.3) is 0 Å². The van der Waals surface area contributed by atoms with Gasteiger partial charge in [0.05, 0.1) is 0 Å². The number of hydrogen-bond donors (Lipinski definition) is 1. The van der Waals surface area contributed by atoms with Gasteiger partial charge in [-0.3, -0.25) is 0 Å². The topological polar surface area (TPSA) is 12.0 Å². The molecular formula is C18H21F2N. The molecule has 1 nitrogen and oxygen atoms in total. The predicted octanol–water partition coefficient (Wildman–Crippen LogP) is 4.56. The normalized spacial score (nSPS) is 12.4. The van der Waals surface area contributed by atoms with E-state index in [1.807, 2.05) is 32.0 Å². The van der Waals surface area contributed by atoms with Gasteiger partial charge in [0.15, 0.2) is 0 Å². The summed E-state index contributed by atoms with van der Waals surface area (Å²) < 4.78 is 28.1. The van der Waals surface area contributed by atoms with Gasteiger partial charge in [-0.15, -0.1) is 0 Å². The second kappa shape index (κ2) is 7.32. The van der Waals surface area contributed by atoms with Crippen LogP contribution in [0, 0.1) is 18.6 Å². The molecule has 0 aliphatic heterocycles. The number of benzene rings is 2. The average molecular weight is 289 g/mol. The van der Waals surface area contributed by atoms with E-state index in [1.165, 1.54) is 18.2 Å². The molecule has 0 aliphatic rings. The fourth-order valence-electron chi connectivity index (χ4n) is 2.51. The monoisotopic (exact) mass is 289 g/mol. The van der Waals surface area contributed by atoms with Gasteiger partial charge in [0, 0.05) is 11.6 Å². The largest absolute Gasteiger partial charge is 0.309 e. The third-order valence-corrected chi connectivity index (χ3v) is 3.51. The number of halogens is 2. The summed E-state index contributed by atoms with van der Waals surface area (Å²) in [6.07, 6.45) is 1.49. The lowest BCUT2D eigenvalue weighted by Crippen LogP contribution is -2.26. The highest BCUT2D eigenvalue weighted by Gasteiger charge is 2.19. The van der Waals surface area contributed by atoms with Gasteiger partial charge in [0.25, 0.3) is 0 Å². The molecule has 0 amide bonds. The van der Waals surface area contributed by atoms with E-state index in [4.69, 9.17) is 0 Å². The van der Waals surface area contributed by atoms with Gasteiger partial charge in [-0.25, -0.2) is 8.78 Å². The molecule has 3 heteroatoms. The molecule has 21 heavy (non-hydrogen) atoms. The first kappa shape index (κ1) is 15.6. The second-order valence-corrected chi connectivity index (χ2v) is 5.34. The standard InChI is InChI=1S/C18H21F2N/c1-3-10-21-17(12-14-7-4-6-13(2)11-14)18-15(19)8-5-9-16(18)20/h4-9,11,17,21H,3,10,12H2,1-2H3. The second-order valence-electron chi connectivity index (χ2n) is 5.34. The van der Waals surface area contributed by atoms with Gasteiger partial charge in [0.2, 0.25) is 0 Å². The Morgan fingerprint density at radius 3 is 2.33 bits per heavy atom. The summed E-state index contributed by atoms with van der Waals surface area (Å²) in [5, 5.41) is 3.26. The van der Waals surface area contributed by atoms with Gasteiger partial charge in [-0.05, 0) is 44.0 Å². The highest BCUT2D eigenvalue weighted by molar-refractivity contribution is 5.28. The molecule has 1 N–H and O–H groups in total. The molecule has 0 saturated carbocycles. The molecule has 112 valence electrons. The van der Waals surface area contributed by atoms with Crippen LogP contribution in [-0.4, -0.2) is 6.54 Å². The number of rotatable bonds is 6. The minimum Gasteiger partial charge on any atom is -0.309 e. The van der Waals surface area contributed by atoms with Crippen LogP contribution in [0.5, 0.6) is 0 Å². The van der Waals surface area contributed by atoms with Crippen molar-refractivity contribution in [3.63, 3.8) is 0 Å². The Hall–Kier alpha value is -1.74. The van der Waals surface area contributed by atoms with E-state index in [0.29, 0.717) is 6.42 Å². The van der Waals surface area contributed by atoms with Gasteiger partial charge in [0.1, 0.15) is 11.6 Å². The Bertz CT molecular complexity index is 575. The molecule has 2 aromatic carbocycles. The lowest BCUT2D eigenvalue weighted by Gasteiger charge is -2.20. The molecule has 2 aromatic rings. The molecule has 0 fully saturated rings. The van der Waals surface area contributed by atoms with E-state index in [0.717, 1.165) is 24.1 Å². The highest BCUT2D eigenvalue weighted by Crippen LogP contribution is 2.24. The zero-order valence-electron chi connectivity index (χ0n) is 12.5. The molecule has 2 rings (SSSR count). The van der Waals surface area contributed by atoms with Crippen molar-refractivity contribution in [2.24, 2.45) is 0 Å². The van der Waals surface area contributed by atoms with Crippen molar-refractivity contribution in [2.45, 2.75) is 32.7 Å². The molecule has 1 unspecified atom stereocenters. The van der Waals surface area contributed by atoms with Gasteiger partial charge in [-0.1, -0.05) is 42.8 Å². The van der Waals surface area contributed by atoms with Crippen LogP contribution in [-0.2, 0) is 6.42 Å². The van der Waals surface area contributed by atoms with E-state index in [1.54, 1.807) is 0 Å². The Balaban J connectivity index is 2.30. The molecule has 0 aliphatic carbocycles. The van der Waals surface area contributed by atoms with Crippen molar-refractivity contribution >= 4 is 0 Å². The van der Waals surface area contributed by atoms with Crippen LogP contribution in [0.1, 0.15) is 36.1 Å². The summed E-state index contributed by atoms with van der Waals surface area (Å²) >= 11 is 0. The van der Waals surface area contributed by atoms with E-state index in [2.05, 4.69) is 11.4 Å². The van der Waals surface area contributed by atoms with Crippen LogP contribution in [0.15, 0.2) is 42.5 Å². The quantitative estimate of drug-likeness (QED) is 0.822. The van der Waals surface area contributed by atoms with Crippen LogP contribution in [0.4, 0.5) is 8.78 Å². The molecule has 0 saturated heterocycles. The lowest BCUT2D eigenvalue weighted by molar-refractivity contribution is 0.464. The molecule has 0 spiro atoms. The Kier molecular flexibility index (Phi) is 5.45. The van der Waals surface area contributed by atoms with E-state index >= 15 is 0 Å². The summed E-state index contributed by atoms with van der Waals surface area (Å²) in [5.41, 5.74) is 2.36. The Morgan fingerprint density at radius 1 is 1.05 bits per heavy atom. The smallest absolute Gasteiger partial charge is 0.130 e. The van der Waals surface area contributed by atoms with Crippen LogP contribution < -0.4 is 5.32 Å². The van der Waals surface area contributed by atoms with E-state index in [-0.39, 0.29) is 11.6 Å². The fourth-order valence-corrected chi connectivity index (χ4v) is 2.51. The highest BCUT2D eigenvalue weighted by atomic mass is 19.1. The molecule has 1 atom stereocenters. The summed E-state index contributed by atoms with van der Waals surface area (Å²) in [4.78, 5) is 0. The summed E-state index contributed by atoms with van der Waals surface area (Å²) in [6.45, 7) is 4.78. The molecular weight excluding hydrogens is 268 g/mol. The maximum Gasteiger partial charge on any atom is 0.130 e. The first-order valence-corrected chi connectivity index (χ1v) is 7.34. The SMILES string of the molecule is CCCNC(Cc1cccc(C)c1)c1c(F)cccc1F. The first-order chi connectivity index (χ1) is 10.1. The zero-order valence-corrected chi connectivity index (χ0v) is 12.5. The van der Waals surface area contributed by atoms with Crippen LogP contribution in [0.2, 0.25) is 0 Å². The zero-order chi connectivity index (χ0) is 15.2. The molecule has 0 aromatic heterocycles. The van der Waals surface area contributed by atoms with Crippen molar-refractivity contribution in [1.29, 1.82) is 0 Å². The van der Waals surface area contributed by atoms with Gasteiger partial charge >= 0.3 is 0 Å². The molecule has 0 heterocycles.